The summed E-state index contributed by atoms with van der Waals surface area (Å²) < 4.78 is 0. The molecule has 5 heteroatoms. The molecule has 3 rings (SSSR count). The van der Waals surface area contributed by atoms with Crippen LogP contribution in [0.5, 0.6) is 0 Å². The summed E-state index contributed by atoms with van der Waals surface area (Å²) in [5.41, 5.74) is 1.83. The molecule has 1 aliphatic heterocycles. The lowest BCUT2D eigenvalue weighted by Gasteiger charge is -2.27. The Morgan fingerprint density at radius 3 is 2.44 bits per heavy atom. The smallest absolute Gasteiger partial charge is 0.317 e. The number of amides is 3. The molecule has 136 valence electrons. The number of carbonyl (C=O) groups is 2. The van der Waals surface area contributed by atoms with Crippen molar-refractivity contribution < 1.29 is 9.59 Å². The van der Waals surface area contributed by atoms with Gasteiger partial charge in [-0.05, 0) is 38.3 Å². The second kappa shape index (κ2) is 8.37. The first kappa shape index (κ1) is 17.8. The largest absolute Gasteiger partial charge is 0.337 e. The summed E-state index contributed by atoms with van der Waals surface area (Å²) in [5, 5.41) is 3.18. The third kappa shape index (κ3) is 4.74. The van der Waals surface area contributed by atoms with Gasteiger partial charge in [-0.3, -0.25) is 4.79 Å². The zero-order valence-electron chi connectivity index (χ0n) is 15.2. The number of carbonyl (C=O) groups excluding carboxylic acids is 2. The van der Waals surface area contributed by atoms with Crippen molar-refractivity contribution in [2.75, 3.05) is 26.2 Å². The average molecular weight is 343 g/mol. The second-order valence-electron chi connectivity index (χ2n) is 7.29. The van der Waals surface area contributed by atoms with Crippen LogP contribution in [0.2, 0.25) is 0 Å². The van der Waals surface area contributed by atoms with Gasteiger partial charge in [0.15, 0.2) is 0 Å². The molecule has 0 spiro atoms. The van der Waals surface area contributed by atoms with E-state index in [0.717, 1.165) is 36.9 Å². The van der Waals surface area contributed by atoms with Crippen LogP contribution in [0.15, 0.2) is 24.3 Å². The first-order valence-corrected chi connectivity index (χ1v) is 9.55. The molecule has 25 heavy (non-hydrogen) atoms. The Kier molecular flexibility index (Phi) is 5.95. The number of nitrogens with one attached hydrogen (secondary N) is 1. The number of benzene rings is 1. The highest BCUT2D eigenvalue weighted by atomic mass is 16.2. The molecule has 3 amide bonds. The van der Waals surface area contributed by atoms with Crippen molar-refractivity contribution in [3.05, 3.63) is 35.4 Å². The van der Waals surface area contributed by atoms with Gasteiger partial charge in [-0.1, -0.05) is 37.0 Å². The van der Waals surface area contributed by atoms with E-state index in [0.29, 0.717) is 25.7 Å². The molecule has 0 aromatic heterocycles. The van der Waals surface area contributed by atoms with Crippen molar-refractivity contribution in [2.24, 2.45) is 0 Å². The molecule has 1 aromatic carbocycles. The number of aryl methyl sites for hydroxylation is 1. The topological polar surface area (TPSA) is 52.7 Å². The van der Waals surface area contributed by atoms with Crippen molar-refractivity contribution in [3.63, 3.8) is 0 Å². The Bertz CT molecular complexity index is 611. The number of hydrogen-bond acceptors (Lipinski definition) is 2. The molecule has 0 bridgehead atoms. The minimum absolute atomic E-state index is 0.0387. The van der Waals surface area contributed by atoms with Crippen molar-refractivity contribution >= 4 is 11.9 Å². The summed E-state index contributed by atoms with van der Waals surface area (Å²) in [6.45, 7) is 4.63. The predicted molar refractivity (Wildman–Crippen MR) is 98.7 cm³/mol. The quantitative estimate of drug-likeness (QED) is 0.897. The van der Waals surface area contributed by atoms with Gasteiger partial charge in [0.1, 0.15) is 0 Å². The van der Waals surface area contributed by atoms with Crippen molar-refractivity contribution in [2.45, 2.75) is 51.5 Å². The second-order valence-corrected chi connectivity index (χ2v) is 7.29. The first-order chi connectivity index (χ1) is 12.1. The normalized spacial score (nSPS) is 19.4. The van der Waals surface area contributed by atoms with E-state index in [9.17, 15) is 9.59 Å². The minimum Gasteiger partial charge on any atom is -0.337 e. The van der Waals surface area contributed by atoms with Gasteiger partial charge >= 0.3 is 6.03 Å². The molecule has 1 saturated heterocycles. The third-order valence-corrected chi connectivity index (χ3v) is 5.27. The maximum atomic E-state index is 12.7. The SMILES string of the molecule is Cc1cccc(C(=O)N2CCCN(C(=O)NC3CCCCC3)CC2)c1. The molecule has 1 saturated carbocycles. The number of urea groups is 1. The van der Waals surface area contributed by atoms with Gasteiger partial charge in [-0.25, -0.2) is 4.79 Å². The van der Waals surface area contributed by atoms with E-state index in [2.05, 4.69) is 5.32 Å². The van der Waals surface area contributed by atoms with Crippen molar-refractivity contribution in [1.82, 2.24) is 15.1 Å². The Labute approximate surface area is 150 Å². The highest BCUT2D eigenvalue weighted by molar-refractivity contribution is 5.94. The Morgan fingerprint density at radius 2 is 1.68 bits per heavy atom. The van der Waals surface area contributed by atoms with Crippen LogP contribution in [0.4, 0.5) is 4.79 Å². The Balaban J connectivity index is 1.54. The minimum atomic E-state index is 0.0387. The number of nitrogens with zero attached hydrogens (tertiary/aromatic N) is 2. The summed E-state index contributed by atoms with van der Waals surface area (Å²) in [7, 11) is 0. The van der Waals surface area contributed by atoms with Gasteiger partial charge in [0.25, 0.3) is 5.91 Å². The van der Waals surface area contributed by atoms with Gasteiger partial charge in [0.2, 0.25) is 0 Å². The predicted octanol–water partition coefficient (Wildman–Crippen LogP) is 3.19. The van der Waals surface area contributed by atoms with Crippen LogP contribution in [0.1, 0.15) is 54.4 Å². The molecule has 1 aliphatic carbocycles. The highest BCUT2D eigenvalue weighted by Gasteiger charge is 2.24. The van der Waals surface area contributed by atoms with E-state index in [1.54, 1.807) is 0 Å². The zero-order valence-corrected chi connectivity index (χ0v) is 15.2. The van der Waals surface area contributed by atoms with E-state index in [4.69, 9.17) is 0 Å². The summed E-state index contributed by atoms with van der Waals surface area (Å²) in [5.74, 6) is 0.0678. The summed E-state index contributed by atoms with van der Waals surface area (Å²) in [6, 6.07) is 8.08. The van der Waals surface area contributed by atoms with Crippen LogP contribution >= 0.6 is 0 Å². The fourth-order valence-electron chi connectivity index (χ4n) is 3.80. The number of hydrogen-bond donors (Lipinski definition) is 1. The Hall–Kier alpha value is -2.04. The zero-order chi connectivity index (χ0) is 17.6. The van der Waals surface area contributed by atoms with E-state index in [-0.39, 0.29) is 11.9 Å². The standard InChI is InChI=1S/C20H29N3O2/c1-16-7-5-8-17(15-16)19(24)22-11-6-12-23(14-13-22)20(25)21-18-9-3-2-4-10-18/h5,7-8,15,18H,2-4,6,9-14H2,1H3,(H,21,25). The van der Waals surface area contributed by atoms with Crippen LogP contribution in [0.3, 0.4) is 0 Å². The number of rotatable bonds is 2. The first-order valence-electron chi connectivity index (χ1n) is 9.55. The average Bonchev–Trinajstić information content (AvgIpc) is 2.88. The molecular weight excluding hydrogens is 314 g/mol. The van der Waals surface area contributed by atoms with Crippen LogP contribution in [-0.4, -0.2) is 54.0 Å². The Morgan fingerprint density at radius 1 is 0.960 bits per heavy atom. The molecule has 0 unspecified atom stereocenters. The summed E-state index contributed by atoms with van der Waals surface area (Å²) in [4.78, 5) is 29.0. The van der Waals surface area contributed by atoms with Crippen LogP contribution in [-0.2, 0) is 0 Å². The van der Waals surface area contributed by atoms with Crippen LogP contribution in [0, 0.1) is 6.92 Å². The molecule has 2 fully saturated rings. The molecule has 1 N–H and O–H groups in total. The monoisotopic (exact) mass is 343 g/mol. The molecule has 0 atom stereocenters. The van der Waals surface area contributed by atoms with Gasteiger partial charge in [-0.15, -0.1) is 0 Å². The molecule has 2 aliphatic rings. The van der Waals surface area contributed by atoms with Crippen LogP contribution in [0.25, 0.3) is 0 Å². The third-order valence-electron chi connectivity index (χ3n) is 5.27. The van der Waals surface area contributed by atoms with E-state index in [1.165, 1.54) is 19.3 Å². The van der Waals surface area contributed by atoms with Crippen molar-refractivity contribution in [3.8, 4) is 0 Å². The fraction of sp³-hybridized carbons (Fsp3) is 0.600. The lowest BCUT2D eigenvalue weighted by Crippen LogP contribution is -2.46. The summed E-state index contributed by atoms with van der Waals surface area (Å²) >= 11 is 0. The maximum Gasteiger partial charge on any atom is 0.317 e. The molecule has 1 heterocycles. The van der Waals surface area contributed by atoms with Gasteiger partial charge in [0.05, 0.1) is 0 Å². The fourth-order valence-corrected chi connectivity index (χ4v) is 3.80. The molecule has 1 aromatic rings. The summed E-state index contributed by atoms with van der Waals surface area (Å²) in [6.07, 6.45) is 6.73. The lowest BCUT2D eigenvalue weighted by molar-refractivity contribution is 0.0762. The van der Waals surface area contributed by atoms with Gasteiger partial charge in [-0.2, -0.15) is 0 Å². The van der Waals surface area contributed by atoms with E-state index in [1.807, 2.05) is 41.0 Å². The van der Waals surface area contributed by atoms with Gasteiger partial charge < -0.3 is 15.1 Å². The molecular formula is C20H29N3O2. The lowest BCUT2D eigenvalue weighted by atomic mass is 9.96. The highest BCUT2D eigenvalue weighted by Crippen LogP contribution is 2.18. The van der Waals surface area contributed by atoms with Gasteiger partial charge in [0, 0.05) is 37.8 Å². The van der Waals surface area contributed by atoms with E-state index >= 15 is 0 Å². The maximum absolute atomic E-state index is 12.7. The van der Waals surface area contributed by atoms with E-state index < -0.39 is 0 Å². The molecule has 0 radical (unpaired) electrons. The van der Waals surface area contributed by atoms with Crippen LogP contribution < -0.4 is 5.32 Å². The molecule has 5 nitrogen and oxygen atoms in total. The van der Waals surface area contributed by atoms with Crippen molar-refractivity contribution in [1.29, 1.82) is 0 Å².